The summed E-state index contributed by atoms with van der Waals surface area (Å²) < 4.78 is 5.37. The second-order valence-electron chi connectivity index (χ2n) is 8.10. The van der Waals surface area contributed by atoms with Crippen molar-refractivity contribution in [2.45, 2.75) is 59.1 Å². The van der Waals surface area contributed by atoms with Crippen molar-refractivity contribution in [3.63, 3.8) is 0 Å². The number of nitrogens with zero attached hydrogens (tertiary/aromatic N) is 2. The zero-order valence-corrected chi connectivity index (χ0v) is 15.1. The molecule has 0 bridgehead atoms. The van der Waals surface area contributed by atoms with E-state index in [2.05, 4.69) is 19.2 Å². The third-order valence-corrected chi connectivity index (χ3v) is 4.93. The number of hydrogen-bond acceptors (Lipinski definition) is 4. The molecule has 0 aromatic carbocycles. The Hall–Kier alpha value is -1.30. The Bertz CT molecular complexity index is 446. The summed E-state index contributed by atoms with van der Waals surface area (Å²) in [4.78, 5) is 27.8. The summed E-state index contributed by atoms with van der Waals surface area (Å²) in [6, 6.07) is 0.370. The number of piperazine rings is 1. The molecule has 0 radical (unpaired) electrons. The first-order chi connectivity index (χ1) is 10.6. The van der Waals surface area contributed by atoms with Gasteiger partial charge in [0.1, 0.15) is 5.60 Å². The highest BCUT2D eigenvalue weighted by Gasteiger charge is 2.42. The zero-order valence-electron chi connectivity index (χ0n) is 15.1. The molecule has 1 saturated carbocycles. The highest BCUT2D eigenvalue weighted by atomic mass is 16.6. The topological polar surface area (TPSA) is 61.9 Å². The molecule has 1 saturated heterocycles. The summed E-state index contributed by atoms with van der Waals surface area (Å²) >= 11 is 0. The van der Waals surface area contributed by atoms with Gasteiger partial charge in [0.15, 0.2) is 0 Å². The molecular formula is C17H31N3O3. The van der Waals surface area contributed by atoms with Crippen LogP contribution >= 0.6 is 0 Å². The number of hydrogen-bond donors (Lipinski definition) is 1. The SMILES string of the molecule is CC(NCC(=O)N1CCN(C(=O)OC(C)(C)C)CC1)C1(C)CC1. The van der Waals surface area contributed by atoms with Crippen LogP contribution in [0.25, 0.3) is 0 Å². The average Bonchev–Trinajstić information content (AvgIpc) is 3.22. The van der Waals surface area contributed by atoms with Crippen molar-refractivity contribution >= 4 is 12.0 Å². The molecule has 2 aliphatic rings. The maximum absolute atomic E-state index is 12.3. The Labute approximate surface area is 139 Å². The lowest BCUT2D eigenvalue weighted by atomic mass is 10.0. The van der Waals surface area contributed by atoms with E-state index in [1.807, 2.05) is 25.7 Å². The minimum Gasteiger partial charge on any atom is -0.444 e. The molecular weight excluding hydrogens is 294 g/mol. The van der Waals surface area contributed by atoms with Crippen LogP contribution in [-0.2, 0) is 9.53 Å². The van der Waals surface area contributed by atoms with E-state index in [1.165, 1.54) is 12.8 Å². The predicted molar refractivity (Wildman–Crippen MR) is 89.2 cm³/mol. The quantitative estimate of drug-likeness (QED) is 0.857. The molecule has 0 aromatic rings. The number of carbonyl (C=O) groups excluding carboxylic acids is 2. The molecule has 2 amide bonds. The molecule has 6 nitrogen and oxygen atoms in total. The lowest BCUT2D eigenvalue weighted by Gasteiger charge is -2.36. The summed E-state index contributed by atoms with van der Waals surface area (Å²) in [6.45, 7) is 12.6. The zero-order chi connectivity index (χ0) is 17.3. The Kier molecular flexibility index (Phi) is 5.23. The van der Waals surface area contributed by atoms with E-state index in [4.69, 9.17) is 4.74 Å². The lowest BCUT2D eigenvalue weighted by molar-refractivity contribution is -0.132. The maximum Gasteiger partial charge on any atom is 0.410 e. The first kappa shape index (κ1) is 18.0. The summed E-state index contributed by atoms with van der Waals surface area (Å²) in [6.07, 6.45) is 2.19. The number of carbonyl (C=O) groups is 2. The van der Waals surface area contributed by atoms with Crippen molar-refractivity contribution in [3.05, 3.63) is 0 Å². The molecule has 2 rings (SSSR count). The van der Waals surface area contributed by atoms with Gasteiger partial charge in [-0.05, 0) is 46.0 Å². The monoisotopic (exact) mass is 325 g/mol. The van der Waals surface area contributed by atoms with Crippen LogP contribution < -0.4 is 5.32 Å². The van der Waals surface area contributed by atoms with Crippen LogP contribution in [0.1, 0.15) is 47.5 Å². The van der Waals surface area contributed by atoms with Gasteiger partial charge < -0.3 is 19.9 Å². The standard InChI is InChI=1S/C17H31N3O3/c1-13(17(5)6-7-17)18-12-14(21)19-8-10-20(11-9-19)15(22)23-16(2,3)4/h13,18H,6-12H2,1-5H3. The Balaban J connectivity index is 1.71. The van der Waals surface area contributed by atoms with E-state index >= 15 is 0 Å². The van der Waals surface area contributed by atoms with Crippen molar-refractivity contribution in [1.29, 1.82) is 0 Å². The van der Waals surface area contributed by atoms with Gasteiger partial charge in [-0.3, -0.25) is 4.79 Å². The lowest BCUT2D eigenvalue weighted by Crippen LogP contribution is -2.53. The van der Waals surface area contributed by atoms with E-state index in [9.17, 15) is 9.59 Å². The normalized spacial score (nSPS) is 21.8. The molecule has 1 unspecified atom stereocenters. The molecule has 1 heterocycles. The third-order valence-electron chi connectivity index (χ3n) is 4.93. The molecule has 1 aliphatic carbocycles. The van der Waals surface area contributed by atoms with E-state index in [0.29, 0.717) is 44.2 Å². The van der Waals surface area contributed by atoms with Crippen molar-refractivity contribution in [2.75, 3.05) is 32.7 Å². The van der Waals surface area contributed by atoms with Gasteiger partial charge in [0.05, 0.1) is 6.54 Å². The van der Waals surface area contributed by atoms with Crippen LogP contribution in [0, 0.1) is 5.41 Å². The van der Waals surface area contributed by atoms with Crippen LogP contribution in [0.4, 0.5) is 4.79 Å². The highest BCUT2D eigenvalue weighted by molar-refractivity contribution is 5.78. The van der Waals surface area contributed by atoms with E-state index in [-0.39, 0.29) is 12.0 Å². The van der Waals surface area contributed by atoms with E-state index in [1.54, 1.807) is 4.90 Å². The molecule has 0 spiro atoms. The van der Waals surface area contributed by atoms with Gasteiger partial charge in [-0.15, -0.1) is 0 Å². The third kappa shape index (κ3) is 5.09. The van der Waals surface area contributed by atoms with Crippen LogP contribution in [-0.4, -0.2) is 66.2 Å². The Morgan fingerprint density at radius 2 is 1.65 bits per heavy atom. The fraction of sp³-hybridized carbons (Fsp3) is 0.882. The summed E-state index contributed by atoms with van der Waals surface area (Å²) in [5.41, 5.74) is -0.112. The summed E-state index contributed by atoms with van der Waals surface area (Å²) in [5.74, 6) is 0.116. The smallest absolute Gasteiger partial charge is 0.410 e. The average molecular weight is 325 g/mol. The summed E-state index contributed by atoms with van der Waals surface area (Å²) in [7, 11) is 0. The fourth-order valence-corrected chi connectivity index (χ4v) is 2.69. The van der Waals surface area contributed by atoms with Gasteiger partial charge in [0.2, 0.25) is 5.91 Å². The van der Waals surface area contributed by atoms with E-state index in [0.717, 1.165) is 0 Å². The van der Waals surface area contributed by atoms with E-state index < -0.39 is 5.60 Å². The van der Waals surface area contributed by atoms with Crippen LogP contribution in [0.2, 0.25) is 0 Å². The Morgan fingerprint density at radius 3 is 2.13 bits per heavy atom. The minimum absolute atomic E-state index is 0.116. The largest absolute Gasteiger partial charge is 0.444 e. The van der Waals surface area contributed by atoms with Gasteiger partial charge in [-0.25, -0.2) is 4.79 Å². The second-order valence-corrected chi connectivity index (χ2v) is 8.10. The molecule has 23 heavy (non-hydrogen) atoms. The molecule has 0 aromatic heterocycles. The predicted octanol–water partition coefficient (Wildman–Crippen LogP) is 1.84. The Morgan fingerprint density at radius 1 is 1.13 bits per heavy atom. The van der Waals surface area contributed by atoms with Crippen LogP contribution in [0.3, 0.4) is 0 Å². The van der Waals surface area contributed by atoms with Gasteiger partial charge in [-0.1, -0.05) is 6.92 Å². The molecule has 1 aliphatic heterocycles. The van der Waals surface area contributed by atoms with Crippen LogP contribution in [0.5, 0.6) is 0 Å². The minimum atomic E-state index is -0.483. The second kappa shape index (κ2) is 6.67. The van der Waals surface area contributed by atoms with Crippen molar-refractivity contribution in [3.8, 4) is 0 Å². The number of ether oxygens (including phenoxy) is 1. The van der Waals surface area contributed by atoms with Gasteiger partial charge in [0.25, 0.3) is 0 Å². The van der Waals surface area contributed by atoms with Gasteiger partial charge >= 0.3 is 6.09 Å². The highest BCUT2D eigenvalue weighted by Crippen LogP contribution is 2.47. The number of nitrogens with one attached hydrogen (secondary N) is 1. The van der Waals surface area contributed by atoms with Gasteiger partial charge in [-0.2, -0.15) is 0 Å². The molecule has 1 atom stereocenters. The fourth-order valence-electron chi connectivity index (χ4n) is 2.69. The maximum atomic E-state index is 12.3. The molecule has 6 heteroatoms. The number of amides is 2. The van der Waals surface area contributed by atoms with Crippen molar-refractivity contribution < 1.29 is 14.3 Å². The van der Waals surface area contributed by atoms with Crippen LogP contribution in [0.15, 0.2) is 0 Å². The molecule has 1 N–H and O–H groups in total. The van der Waals surface area contributed by atoms with Gasteiger partial charge in [0, 0.05) is 32.2 Å². The first-order valence-electron chi connectivity index (χ1n) is 8.60. The molecule has 2 fully saturated rings. The van der Waals surface area contributed by atoms with Crippen molar-refractivity contribution in [2.24, 2.45) is 5.41 Å². The first-order valence-corrected chi connectivity index (χ1v) is 8.60. The molecule has 132 valence electrons. The van der Waals surface area contributed by atoms with Crippen molar-refractivity contribution in [1.82, 2.24) is 15.1 Å². The number of rotatable bonds is 4. The summed E-state index contributed by atoms with van der Waals surface area (Å²) in [5, 5.41) is 3.35.